The van der Waals surface area contributed by atoms with E-state index in [4.69, 9.17) is 0 Å². The quantitative estimate of drug-likeness (QED) is 0.920. The second-order valence-corrected chi connectivity index (χ2v) is 5.27. The van der Waals surface area contributed by atoms with Crippen molar-refractivity contribution >= 4 is 5.69 Å². The highest BCUT2D eigenvalue weighted by atomic mass is 19.4. The minimum absolute atomic E-state index is 0.179. The molecule has 2 unspecified atom stereocenters. The maximum absolute atomic E-state index is 12.2. The molecule has 118 valence electrons. The first kappa shape index (κ1) is 15.9. The van der Waals surface area contributed by atoms with Crippen LogP contribution in [0.4, 0.5) is 18.9 Å². The molecule has 1 fully saturated rings. The molecule has 1 aliphatic heterocycles. The zero-order chi connectivity index (χ0) is 15.5. The average molecular weight is 302 g/mol. The van der Waals surface area contributed by atoms with Crippen LogP contribution in [-0.4, -0.2) is 31.5 Å². The standard InChI is InChI=1S/C15H21F3N2O/c1-3-11-10-20(12(4-2)9-19-11)13-5-7-14(8-6-13)21-15(16,17)18/h5-8,11-12,19H,3-4,9-10H2,1-2H3. The van der Waals surface area contributed by atoms with Gasteiger partial charge in [-0.15, -0.1) is 13.2 Å². The van der Waals surface area contributed by atoms with Gasteiger partial charge >= 0.3 is 6.36 Å². The number of piperazine rings is 1. The van der Waals surface area contributed by atoms with Gasteiger partial charge in [0.25, 0.3) is 0 Å². The van der Waals surface area contributed by atoms with Gasteiger partial charge in [0, 0.05) is 30.9 Å². The number of rotatable bonds is 4. The molecule has 0 aromatic heterocycles. The van der Waals surface area contributed by atoms with E-state index in [2.05, 4.69) is 28.8 Å². The van der Waals surface area contributed by atoms with Gasteiger partial charge in [-0.3, -0.25) is 0 Å². The van der Waals surface area contributed by atoms with Crippen molar-refractivity contribution in [1.29, 1.82) is 0 Å². The number of hydrogen-bond acceptors (Lipinski definition) is 3. The second-order valence-electron chi connectivity index (χ2n) is 5.27. The van der Waals surface area contributed by atoms with E-state index in [-0.39, 0.29) is 5.75 Å². The highest BCUT2D eigenvalue weighted by Crippen LogP contribution is 2.27. The summed E-state index contributed by atoms with van der Waals surface area (Å²) in [5.74, 6) is -0.179. The fraction of sp³-hybridized carbons (Fsp3) is 0.600. The Balaban J connectivity index is 2.11. The van der Waals surface area contributed by atoms with E-state index < -0.39 is 6.36 Å². The molecule has 0 radical (unpaired) electrons. The lowest BCUT2D eigenvalue weighted by Crippen LogP contribution is -2.56. The van der Waals surface area contributed by atoms with Gasteiger partial charge in [0.15, 0.2) is 0 Å². The van der Waals surface area contributed by atoms with Gasteiger partial charge in [-0.1, -0.05) is 13.8 Å². The monoisotopic (exact) mass is 302 g/mol. The second kappa shape index (κ2) is 6.56. The number of halogens is 3. The summed E-state index contributed by atoms with van der Waals surface area (Å²) in [4.78, 5) is 2.27. The molecule has 1 aromatic rings. The summed E-state index contributed by atoms with van der Waals surface area (Å²) >= 11 is 0. The minimum Gasteiger partial charge on any atom is -0.406 e. The number of hydrogen-bond donors (Lipinski definition) is 1. The molecule has 0 aliphatic carbocycles. The van der Waals surface area contributed by atoms with Gasteiger partial charge in [0.05, 0.1) is 0 Å². The maximum atomic E-state index is 12.2. The predicted molar refractivity (Wildman–Crippen MR) is 76.6 cm³/mol. The van der Waals surface area contributed by atoms with Crippen molar-refractivity contribution < 1.29 is 17.9 Å². The van der Waals surface area contributed by atoms with Crippen LogP contribution in [-0.2, 0) is 0 Å². The number of anilines is 1. The third kappa shape index (κ3) is 4.27. The summed E-state index contributed by atoms with van der Waals surface area (Å²) in [6.07, 6.45) is -2.62. The number of alkyl halides is 3. The first-order chi connectivity index (χ1) is 9.93. The van der Waals surface area contributed by atoms with Crippen LogP contribution >= 0.6 is 0 Å². The Morgan fingerprint density at radius 2 is 1.86 bits per heavy atom. The van der Waals surface area contributed by atoms with Crippen LogP contribution in [0.3, 0.4) is 0 Å². The molecular formula is C15H21F3N2O. The molecule has 0 amide bonds. The van der Waals surface area contributed by atoms with Crippen molar-refractivity contribution in [2.75, 3.05) is 18.0 Å². The molecule has 21 heavy (non-hydrogen) atoms. The van der Waals surface area contributed by atoms with Crippen molar-refractivity contribution in [2.24, 2.45) is 0 Å². The Morgan fingerprint density at radius 3 is 2.38 bits per heavy atom. The van der Waals surface area contributed by atoms with Crippen LogP contribution in [0.1, 0.15) is 26.7 Å². The first-order valence-electron chi connectivity index (χ1n) is 7.28. The molecule has 1 aromatic carbocycles. The summed E-state index contributed by atoms with van der Waals surface area (Å²) < 4.78 is 40.4. The summed E-state index contributed by atoms with van der Waals surface area (Å²) in [5.41, 5.74) is 0.941. The van der Waals surface area contributed by atoms with Gasteiger partial charge in [0.2, 0.25) is 0 Å². The van der Waals surface area contributed by atoms with Gasteiger partial charge in [-0.25, -0.2) is 0 Å². The Kier molecular flexibility index (Phi) is 4.98. The van der Waals surface area contributed by atoms with Crippen molar-refractivity contribution in [2.45, 2.75) is 45.1 Å². The molecule has 1 N–H and O–H groups in total. The van der Waals surface area contributed by atoms with E-state index in [1.165, 1.54) is 12.1 Å². The van der Waals surface area contributed by atoms with Crippen LogP contribution in [0.2, 0.25) is 0 Å². The summed E-state index contributed by atoms with van der Waals surface area (Å²) in [7, 11) is 0. The van der Waals surface area contributed by atoms with E-state index in [0.717, 1.165) is 31.6 Å². The largest absolute Gasteiger partial charge is 0.573 e. The Labute approximate surface area is 123 Å². The topological polar surface area (TPSA) is 24.5 Å². The van der Waals surface area contributed by atoms with Crippen LogP contribution in [0.15, 0.2) is 24.3 Å². The zero-order valence-corrected chi connectivity index (χ0v) is 12.3. The maximum Gasteiger partial charge on any atom is 0.573 e. The fourth-order valence-corrected chi connectivity index (χ4v) is 2.66. The normalized spacial score (nSPS) is 23.2. The molecule has 0 bridgehead atoms. The van der Waals surface area contributed by atoms with E-state index >= 15 is 0 Å². The molecule has 1 aliphatic rings. The molecular weight excluding hydrogens is 281 g/mol. The number of nitrogens with zero attached hydrogens (tertiary/aromatic N) is 1. The third-order valence-electron chi connectivity index (χ3n) is 3.87. The molecule has 0 spiro atoms. The lowest BCUT2D eigenvalue weighted by Gasteiger charge is -2.41. The average Bonchev–Trinajstić information content (AvgIpc) is 2.45. The minimum atomic E-state index is -4.64. The SMILES string of the molecule is CCC1CN(c2ccc(OC(F)(F)F)cc2)C(CC)CN1. The fourth-order valence-electron chi connectivity index (χ4n) is 2.66. The van der Waals surface area contributed by atoms with Gasteiger partial charge < -0.3 is 15.0 Å². The molecule has 6 heteroatoms. The first-order valence-corrected chi connectivity index (χ1v) is 7.28. The zero-order valence-electron chi connectivity index (χ0n) is 12.3. The van der Waals surface area contributed by atoms with Crippen molar-refractivity contribution in [1.82, 2.24) is 5.32 Å². The lowest BCUT2D eigenvalue weighted by molar-refractivity contribution is -0.274. The molecule has 1 heterocycles. The van der Waals surface area contributed by atoms with Crippen LogP contribution in [0.5, 0.6) is 5.75 Å². The van der Waals surface area contributed by atoms with E-state index in [1.807, 2.05) is 0 Å². The summed E-state index contributed by atoms with van der Waals surface area (Å²) in [5, 5.41) is 3.50. The van der Waals surface area contributed by atoms with Gasteiger partial charge in [0.1, 0.15) is 5.75 Å². The molecule has 2 atom stereocenters. The van der Waals surface area contributed by atoms with Crippen LogP contribution in [0, 0.1) is 0 Å². The van der Waals surface area contributed by atoms with Gasteiger partial charge in [-0.05, 0) is 37.1 Å². The highest BCUT2D eigenvalue weighted by Gasteiger charge is 2.31. The highest BCUT2D eigenvalue weighted by molar-refractivity contribution is 5.50. The van der Waals surface area contributed by atoms with Crippen LogP contribution < -0.4 is 15.0 Å². The smallest absolute Gasteiger partial charge is 0.406 e. The van der Waals surface area contributed by atoms with E-state index in [1.54, 1.807) is 12.1 Å². The Morgan fingerprint density at radius 1 is 1.19 bits per heavy atom. The van der Waals surface area contributed by atoms with E-state index in [9.17, 15) is 13.2 Å². The predicted octanol–water partition coefficient (Wildman–Crippen LogP) is 3.55. The molecule has 1 saturated heterocycles. The number of nitrogens with one attached hydrogen (secondary N) is 1. The van der Waals surface area contributed by atoms with Gasteiger partial charge in [-0.2, -0.15) is 0 Å². The Hall–Kier alpha value is -1.43. The lowest BCUT2D eigenvalue weighted by atomic mass is 10.0. The van der Waals surface area contributed by atoms with Crippen molar-refractivity contribution in [3.05, 3.63) is 24.3 Å². The molecule has 2 rings (SSSR count). The number of ether oxygens (including phenoxy) is 1. The van der Waals surface area contributed by atoms with Crippen LogP contribution in [0.25, 0.3) is 0 Å². The third-order valence-corrected chi connectivity index (χ3v) is 3.87. The van der Waals surface area contributed by atoms with E-state index in [0.29, 0.717) is 12.1 Å². The molecule has 3 nitrogen and oxygen atoms in total. The summed E-state index contributed by atoms with van der Waals surface area (Å²) in [6, 6.07) is 6.92. The summed E-state index contributed by atoms with van der Waals surface area (Å²) in [6.45, 7) is 6.01. The Bertz CT molecular complexity index is 447. The van der Waals surface area contributed by atoms with Crippen molar-refractivity contribution in [3.63, 3.8) is 0 Å². The molecule has 0 saturated carbocycles. The van der Waals surface area contributed by atoms with Crippen molar-refractivity contribution in [3.8, 4) is 5.75 Å². The number of benzene rings is 1.